The SMILES string of the molecule is COc1ccccc1N1CC[NH+](CC(=O)Nc2ccc(C(C)=O)cc2)CC1. The molecule has 2 aromatic rings. The monoisotopic (exact) mass is 368 g/mol. The maximum absolute atomic E-state index is 12.3. The normalized spacial score (nSPS) is 14.7. The van der Waals surface area contributed by atoms with Crippen molar-refractivity contribution >= 4 is 23.1 Å². The number of methoxy groups -OCH3 is 1. The van der Waals surface area contributed by atoms with E-state index in [9.17, 15) is 9.59 Å². The summed E-state index contributed by atoms with van der Waals surface area (Å²) in [6.45, 7) is 5.53. The van der Waals surface area contributed by atoms with E-state index in [1.165, 1.54) is 11.8 Å². The van der Waals surface area contributed by atoms with Crippen molar-refractivity contribution in [3.05, 3.63) is 54.1 Å². The van der Waals surface area contributed by atoms with E-state index in [4.69, 9.17) is 4.74 Å². The van der Waals surface area contributed by atoms with Gasteiger partial charge in [0.25, 0.3) is 5.91 Å². The third kappa shape index (κ3) is 4.86. The predicted octanol–water partition coefficient (Wildman–Crippen LogP) is 1.24. The predicted molar refractivity (Wildman–Crippen MR) is 106 cm³/mol. The number of benzene rings is 2. The van der Waals surface area contributed by atoms with Gasteiger partial charge in [0.1, 0.15) is 5.75 Å². The Hall–Kier alpha value is -2.86. The molecular formula is C21H26N3O3+. The fourth-order valence-electron chi connectivity index (χ4n) is 3.35. The third-order valence-electron chi connectivity index (χ3n) is 4.88. The highest BCUT2D eigenvalue weighted by atomic mass is 16.5. The molecule has 1 fully saturated rings. The Kier molecular flexibility index (Phi) is 6.08. The van der Waals surface area contributed by atoms with Gasteiger partial charge in [-0.3, -0.25) is 9.59 Å². The number of Topliss-reactive ketones (excluding diaryl/α,β-unsaturated/α-hetero) is 1. The number of hydrogen-bond donors (Lipinski definition) is 2. The number of anilines is 2. The minimum Gasteiger partial charge on any atom is -0.495 e. The molecule has 0 saturated carbocycles. The molecule has 6 heteroatoms. The van der Waals surface area contributed by atoms with Crippen molar-refractivity contribution in [2.75, 3.05) is 50.1 Å². The summed E-state index contributed by atoms with van der Waals surface area (Å²) in [6, 6.07) is 15.0. The summed E-state index contributed by atoms with van der Waals surface area (Å²) in [5.41, 5.74) is 2.47. The van der Waals surface area contributed by atoms with Gasteiger partial charge in [0.15, 0.2) is 12.3 Å². The van der Waals surface area contributed by atoms with Gasteiger partial charge < -0.3 is 19.9 Å². The van der Waals surface area contributed by atoms with E-state index in [0.29, 0.717) is 12.1 Å². The summed E-state index contributed by atoms with van der Waals surface area (Å²) in [5, 5.41) is 2.91. The molecule has 0 unspecified atom stereocenters. The van der Waals surface area contributed by atoms with Crippen LogP contribution in [0.3, 0.4) is 0 Å². The molecule has 3 rings (SSSR count). The lowest BCUT2D eigenvalue weighted by molar-refractivity contribution is -0.892. The van der Waals surface area contributed by atoms with E-state index in [2.05, 4.69) is 16.3 Å². The van der Waals surface area contributed by atoms with Crippen LogP contribution < -0.4 is 19.9 Å². The lowest BCUT2D eigenvalue weighted by atomic mass is 10.1. The number of carbonyl (C=O) groups excluding carboxylic acids is 2. The Balaban J connectivity index is 1.50. The highest BCUT2D eigenvalue weighted by molar-refractivity contribution is 5.95. The van der Waals surface area contributed by atoms with E-state index in [0.717, 1.165) is 43.3 Å². The molecule has 1 aliphatic rings. The highest BCUT2D eigenvalue weighted by Gasteiger charge is 2.23. The quantitative estimate of drug-likeness (QED) is 0.753. The molecule has 6 nitrogen and oxygen atoms in total. The van der Waals surface area contributed by atoms with Gasteiger partial charge >= 0.3 is 0 Å². The first kappa shape index (κ1) is 18.9. The average Bonchev–Trinajstić information content (AvgIpc) is 2.69. The standard InChI is InChI=1S/C21H25N3O3/c1-16(25)17-7-9-18(10-8-17)22-21(26)15-23-11-13-24(14-12-23)19-5-3-4-6-20(19)27-2/h3-10H,11-15H2,1-2H3,(H,22,26)/p+1. The van der Waals surface area contributed by atoms with Crippen molar-refractivity contribution in [3.8, 4) is 5.75 Å². The lowest BCUT2D eigenvalue weighted by Gasteiger charge is -2.34. The molecular weight excluding hydrogens is 342 g/mol. The summed E-state index contributed by atoms with van der Waals surface area (Å²) in [5.74, 6) is 0.893. The number of nitrogens with zero attached hydrogens (tertiary/aromatic N) is 1. The average molecular weight is 368 g/mol. The molecule has 2 N–H and O–H groups in total. The molecule has 1 amide bonds. The van der Waals surface area contributed by atoms with Crippen LogP contribution >= 0.6 is 0 Å². The van der Waals surface area contributed by atoms with Crippen LogP contribution in [0.15, 0.2) is 48.5 Å². The lowest BCUT2D eigenvalue weighted by Crippen LogP contribution is -3.15. The Bertz CT molecular complexity index is 797. The van der Waals surface area contributed by atoms with E-state index in [1.807, 2.05) is 18.2 Å². The van der Waals surface area contributed by atoms with Crippen molar-refractivity contribution in [1.29, 1.82) is 0 Å². The Morgan fingerprint density at radius 2 is 1.74 bits per heavy atom. The number of quaternary nitrogens is 1. The van der Waals surface area contributed by atoms with Crippen LogP contribution in [0.5, 0.6) is 5.75 Å². The Morgan fingerprint density at radius 1 is 1.07 bits per heavy atom. The minimum absolute atomic E-state index is 0.00804. The van der Waals surface area contributed by atoms with Gasteiger partial charge in [-0.1, -0.05) is 12.1 Å². The smallest absolute Gasteiger partial charge is 0.279 e. The van der Waals surface area contributed by atoms with Crippen molar-refractivity contribution in [3.63, 3.8) is 0 Å². The van der Waals surface area contributed by atoms with Gasteiger partial charge in [-0.15, -0.1) is 0 Å². The van der Waals surface area contributed by atoms with Crippen LogP contribution in [-0.2, 0) is 4.79 Å². The summed E-state index contributed by atoms with van der Waals surface area (Å²) in [7, 11) is 1.69. The Labute approximate surface area is 159 Å². The van der Waals surface area contributed by atoms with Gasteiger partial charge in [-0.05, 0) is 43.3 Å². The van der Waals surface area contributed by atoms with Crippen molar-refractivity contribution in [2.24, 2.45) is 0 Å². The molecule has 2 aromatic carbocycles. The number of piperazine rings is 1. The number of nitrogens with one attached hydrogen (secondary N) is 2. The maximum atomic E-state index is 12.3. The van der Waals surface area contributed by atoms with Crippen LogP contribution in [0.2, 0.25) is 0 Å². The van der Waals surface area contributed by atoms with Crippen LogP contribution in [0, 0.1) is 0 Å². The van der Waals surface area contributed by atoms with E-state index >= 15 is 0 Å². The number of hydrogen-bond acceptors (Lipinski definition) is 4. The number of carbonyl (C=O) groups is 2. The molecule has 0 atom stereocenters. The zero-order valence-corrected chi connectivity index (χ0v) is 15.8. The molecule has 0 spiro atoms. The Morgan fingerprint density at radius 3 is 2.37 bits per heavy atom. The molecule has 1 aliphatic heterocycles. The summed E-state index contributed by atoms with van der Waals surface area (Å²) in [4.78, 5) is 27.2. The third-order valence-corrected chi connectivity index (χ3v) is 4.88. The number of rotatable bonds is 6. The highest BCUT2D eigenvalue weighted by Crippen LogP contribution is 2.27. The molecule has 0 aromatic heterocycles. The first-order valence-electron chi connectivity index (χ1n) is 9.19. The number of ether oxygens (including phenoxy) is 1. The first-order valence-corrected chi connectivity index (χ1v) is 9.19. The largest absolute Gasteiger partial charge is 0.495 e. The maximum Gasteiger partial charge on any atom is 0.279 e. The zero-order chi connectivity index (χ0) is 19.2. The zero-order valence-electron chi connectivity index (χ0n) is 15.8. The first-order chi connectivity index (χ1) is 13.1. The molecule has 1 saturated heterocycles. The van der Waals surface area contributed by atoms with E-state index < -0.39 is 0 Å². The van der Waals surface area contributed by atoms with Gasteiger partial charge in [-0.2, -0.15) is 0 Å². The summed E-state index contributed by atoms with van der Waals surface area (Å²) >= 11 is 0. The summed E-state index contributed by atoms with van der Waals surface area (Å²) in [6.07, 6.45) is 0. The fourth-order valence-corrected chi connectivity index (χ4v) is 3.35. The van der Waals surface area contributed by atoms with Crippen LogP contribution in [0.4, 0.5) is 11.4 Å². The molecule has 0 bridgehead atoms. The second kappa shape index (κ2) is 8.68. The second-order valence-electron chi connectivity index (χ2n) is 6.77. The second-order valence-corrected chi connectivity index (χ2v) is 6.77. The minimum atomic E-state index is -0.00804. The van der Waals surface area contributed by atoms with Crippen LogP contribution in [0.25, 0.3) is 0 Å². The van der Waals surface area contributed by atoms with Gasteiger partial charge in [0.05, 0.1) is 39.0 Å². The van der Waals surface area contributed by atoms with Crippen LogP contribution in [-0.4, -0.2) is 51.5 Å². The topological polar surface area (TPSA) is 63.1 Å². The van der Waals surface area contributed by atoms with Crippen molar-refractivity contribution in [1.82, 2.24) is 0 Å². The molecule has 142 valence electrons. The van der Waals surface area contributed by atoms with Gasteiger partial charge in [0, 0.05) is 11.3 Å². The number of amides is 1. The molecule has 0 aliphatic carbocycles. The molecule has 1 heterocycles. The van der Waals surface area contributed by atoms with Gasteiger partial charge in [0.2, 0.25) is 0 Å². The van der Waals surface area contributed by atoms with Gasteiger partial charge in [-0.25, -0.2) is 0 Å². The van der Waals surface area contributed by atoms with Crippen molar-refractivity contribution < 1.29 is 19.2 Å². The van der Waals surface area contributed by atoms with Crippen molar-refractivity contribution in [2.45, 2.75) is 6.92 Å². The number of para-hydroxylation sites is 2. The molecule has 27 heavy (non-hydrogen) atoms. The molecule has 0 radical (unpaired) electrons. The van der Waals surface area contributed by atoms with E-state index in [-0.39, 0.29) is 11.7 Å². The summed E-state index contributed by atoms with van der Waals surface area (Å²) < 4.78 is 5.45. The van der Waals surface area contributed by atoms with E-state index in [1.54, 1.807) is 31.4 Å². The number of ketones is 1. The van der Waals surface area contributed by atoms with Crippen LogP contribution in [0.1, 0.15) is 17.3 Å². The fraction of sp³-hybridized carbons (Fsp3) is 0.333.